The lowest BCUT2D eigenvalue weighted by atomic mass is 10.1. The molecule has 2 aromatic rings. The van der Waals surface area contributed by atoms with Crippen molar-refractivity contribution in [1.29, 1.82) is 0 Å². The normalized spacial score (nSPS) is 20.2. The molecule has 1 aliphatic carbocycles. The number of morpholine rings is 1. The van der Waals surface area contributed by atoms with E-state index in [1.54, 1.807) is 12.3 Å². The summed E-state index contributed by atoms with van der Waals surface area (Å²) in [7, 11) is 0. The zero-order valence-electron chi connectivity index (χ0n) is 18.2. The molecule has 2 aliphatic rings. The molecule has 0 bridgehead atoms. The Morgan fingerprint density at radius 2 is 2.06 bits per heavy atom. The Labute approximate surface area is 187 Å². The highest BCUT2D eigenvalue weighted by molar-refractivity contribution is 5.94. The maximum atomic E-state index is 13.3. The number of β-amino-alcohol motifs (C(OH)–C–C–N with tert-alkyl or cyclic N) is 1. The molecule has 32 heavy (non-hydrogen) atoms. The third kappa shape index (κ3) is 6.87. The summed E-state index contributed by atoms with van der Waals surface area (Å²) in [5, 5.41) is 10.4. The van der Waals surface area contributed by atoms with Gasteiger partial charge in [-0.2, -0.15) is 0 Å². The van der Waals surface area contributed by atoms with Crippen molar-refractivity contribution in [3.05, 3.63) is 59.8 Å². The third-order valence-electron chi connectivity index (χ3n) is 5.80. The maximum Gasteiger partial charge on any atom is 0.253 e. The van der Waals surface area contributed by atoms with E-state index < -0.39 is 6.10 Å². The van der Waals surface area contributed by atoms with Gasteiger partial charge in [0.1, 0.15) is 18.2 Å². The topological polar surface area (TPSA) is 75.4 Å². The number of amides is 1. The highest BCUT2D eigenvalue weighted by Crippen LogP contribution is 2.30. The Bertz CT molecular complexity index is 841. The number of benzene rings is 1. The summed E-state index contributed by atoms with van der Waals surface area (Å²) in [5.74, 6) is 0.815. The van der Waals surface area contributed by atoms with Crippen molar-refractivity contribution >= 4 is 5.91 Å². The van der Waals surface area contributed by atoms with Gasteiger partial charge < -0.3 is 23.9 Å². The van der Waals surface area contributed by atoms with Gasteiger partial charge in [0.05, 0.1) is 31.7 Å². The molecule has 2 atom stereocenters. The smallest absolute Gasteiger partial charge is 0.253 e. The van der Waals surface area contributed by atoms with Crippen LogP contribution in [0.4, 0.5) is 4.39 Å². The van der Waals surface area contributed by atoms with Gasteiger partial charge in [-0.05, 0) is 55.2 Å². The molecule has 0 unspecified atom stereocenters. The van der Waals surface area contributed by atoms with Crippen molar-refractivity contribution in [1.82, 2.24) is 9.80 Å². The van der Waals surface area contributed by atoms with Crippen LogP contribution in [0.2, 0.25) is 0 Å². The van der Waals surface area contributed by atoms with Gasteiger partial charge in [-0.25, -0.2) is 4.39 Å². The van der Waals surface area contributed by atoms with Crippen molar-refractivity contribution in [2.75, 3.05) is 45.9 Å². The van der Waals surface area contributed by atoms with Gasteiger partial charge in [0.2, 0.25) is 0 Å². The van der Waals surface area contributed by atoms with E-state index in [0.717, 1.165) is 25.1 Å². The van der Waals surface area contributed by atoms with Crippen molar-refractivity contribution < 1.29 is 28.2 Å². The number of rotatable bonds is 11. The van der Waals surface area contributed by atoms with Gasteiger partial charge in [0.25, 0.3) is 5.91 Å². The predicted octanol–water partition coefficient (Wildman–Crippen LogP) is 2.55. The minimum atomic E-state index is -0.618. The summed E-state index contributed by atoms with van der Waals surface area (Å²) in [5.41, 5.74) is 0.490. The fraction of sp³-hybridized carbons (Fsp3) is 0.542. The molecule has 1 aromatic carbocycles. The largest absolute Gasteiger partial charge is 0.467 e. The first kappa shape index (κ1) is 22.9. The van der Waals surface area contributed by atoms with Gasteiger partial charge in [-0.15, -0.1) is 0 Å². The van der Waals surface area contributed by atoms with E-state index in [2.05, 4.69) is 4.90 Å². The molecule has 1 aliphatic heterocycles. The molecule has 8 heteroatoms. The summed E-state index contributed by atoms with van der Waals surface area (Å²) in [4.78, 5) is 17.0. The molecule has 0 spiro atoms. The number of carbonyl (C=O) groups is 1. The van der Waals surface area contributed by atoms with Crippen molar-refractivity contribution in [2.24, 2.45) is 5.92 Å². The van der Waals surface area contributed by atoms with Crippen LogP contribution < -0.4 is 0 Å². The van der Waals surface area contributed by atoms with Crippen LogP contribution in [0.5, 0.6) is 0 Å². The average Bonchev–Trinajstić information content (AvgIpc) is 3.45. The average molecular weight is 447 g/mol. The monoisotopic (exact) mass is 446 g/mol. The van der Waals surface area contributed by atoms with Crippen LogP contribution in [0.15, 0.2) is 47.1 Å². The minimum Gasteiger partial charge on any atom is -0.467 e. The maximum absolute atomic E-state index is 13.3. The molecule has 1 amide bonds. The lowest BCUT2D eigenvalue weighted by molar-refractivity contribution is -0.0605. The van der Waals surface area contributed by atoms with Gasteiger partial charge in [-0.1, -0.05) is 0 Å². The fourth-order valence-corrected chi connectivity index (χ4v) is 3.97. The number of furan rings is 1. The zero-order valence-corrected chi connectivity index (χ0v) is 18.2. The minimum absolute atomic E-state index is 0.0935. The summed E-state index contributed by atoms with van der Waals surface area (Å²) >= 11 is 0. The van der Waals surface area contributed by atoms with Gasteiger partial charge in [0, 0.05) is 38.3 Å². The Morgan fingerprint density at radius 3 is 2.78 bits per heavy atom. The lowest BCUT2D eigenvalue weighted by Gasteiger charge is -2.36. The molecular formula is C24H31FN2O5. The van der Waals surface area contributed by atoms with Gasteiger partial charge in [-0.3, -0.25) is 9.69 Å². The molecule has 4 rings (SSSR count). The van der Waals surface area contributed by atoms with Crippen molar-refractivity contribution in [3.8, 4) is 0 Å². The number of halogens is 1. The van der Waals surface area contributed by atoms with Crippen LogP contribution in [0, 0.1) is 11.7 Å². The number of aliphatic hydroxyl groups is 1. The van der Waals surface area contributed by atoms with Crippen LogP contribution in [-0.2, 0) is 16.1 Å². The predicted molar refractivity (Wildman–Crippen MR) is 116 cm³/mol. The van der Waals surface area contributed by atoms with E-state index >= 15 is 0 Å². The van der Waals surface area contributed by atoms with Crippen LogP contribution in [0.25, 0.3) is 0 Å². The highest BCUT2D eigenvalue weighted by Gasteiger charge is 2.31. The number of hydrogen-bond acceptors (Lipinski definition) is 6. The number of aliphatic hydroxyl groups excluding tert-OH is 1. The van der Waals surface area contributed by atoms with Crippen LogP contribution >= 0.6 is 0 Å². The molecule has 1 aromatic heterocycles. The first-order chi connectivity index (χ1) is 15.6. The Kier molecular flexibility index (Phi) is 7.91. The highest BCUT2D eigenvalue weighted by atomic mass is 19.1. The second-order valence-corrected chi connectivity index (χ2v) is 8.66. The Balaban J connectivity index is 1.26. The number of carbonyl (C=O) groups excluding carboxylic acids is 1. The van der Waals surface area contributed by atoms with E-state index in [4.69, 9.17) is 13.9 Å². The number of ether oxygens (including phenoxy) is 2. The van der Waals surface area contributed by atoms with E-state index in [9.17, 15) is 14.3 Å². The molecule has 1 N–H and O–H groups in total. The molecule has 1 saturated heterocycles. The van der Waals surface area contributed by atoms with Crippen LogP contribution in [0.3, 0.4) is 0 Å². The Morgan fingerprint density at radius 1 is 1.25 bits per heavy atom. The van der Waals surface area contributed by atoms with E-state index in [0.29, 0.717) is 50.9 Å². The van der Waals surface area contributed by atoms with Gasteiger partial charge >= 0.3 is 0 Å². The van der Waals surface area contributed by atoms with Crippen molar-refractivity contribution in [3.63, 3.8) is 0 Å². The molecule has 7 nitrogen and oxygen atoms in total. The summed E-state index contributed by atoms with van der Waals surface area (Å²) in [6.45, 7) is 4.11. The molecule has 1 saturated carbocycles. The SMILES string of the molecule is O=C(c1ccc(F)cc1)N(CC1CC1)C[C@H]1CN(C[C@@H](O)COCc2ccco2)CCO1. The Hall–Kier alpha value is -2.26. The molecule has 174 valence electrons. The first-order valence-corrected chi connectivity index (χ1v) is 11.2. The standard InChI is InChI=1S/C24H31FN2O5/c25-20-7-5-19(6-8-20)24(29)27(12-18-3-4-18)15-23-14-26(9-11-32-23)13-21(28)16-30-17-22-2-1-10-31-22/h1-2,5-8,10,18,21,23,28H,3-4,9,11-17H2/t21-,23-/m1/s1. The lowest BCUT2D eigenvalue weighted by Crippen LogP contribution is -2.51. The second kappa shape index (κ2) is 11.0. The van der Waals surface area contributed by atoms with E-state index in [1.807, 2.05) is 11.0 Å². The summed E-state index contributed by atoms with van der Waals surface area (Å²) < 4.78 is 29.9. The third-order valence-corrected chi connectivity index (χ3v) is 5.80. The molecular weight excluding hydrogens is 415 g/mol. The quantitative estimate of drug-likeness (QED) is 0.572. The summed E-state index contributed by atoms with van der Waals surface area (Å²) in [6, 6.07) is 9.33. The number of hydrogen-bond donors (Lipinski definition) is 1. The zero-order chi connectivity index (χ0) is 22.3. The second-order valence-electron chi connectivity index (χ2n) is 8.66. The molecule has 2 fully saturated rings. The van der Waals surface area contributed by atoms with Crippen molar-refractivity contribution in [2.45, 2.75) is 31.7 Å². The number of nitrogens with zero attached hydrogens (tertiary/aromatic N) is 2. The molecule has 2 heterocycles. The van der Waals surface area contributed by atoms with Gasteiger partial charge in [0.15, 0.2) is 0 Å². The van der Waals surface area contributed by atoms with E-state index in [-0.39, 0.29) is 24.4 Å². The fourth-order valence-electron chi connectivity index (χ4n) is 3.97. The van der Waals surface area contributed by atoms with Crippen LogP contribution in [0.1, 0.15) is 29.0 Å². The summed E-state index contributed by atoms with van der Waals surface area (Å²) in [6.07, 6.45) is 3.11. The molecule has 0 radical (unpaired) electrons. The van der Waals surface area contributed by atoms with E-state index in [1.165, 1.54) is 24.3 Å². The van der Waals surface area contributed by atoms with Crippen LogP contribution in [-0.4, -0.2) is 79.0 Å². The first-order valence-electron chi connectivity index (χ1n) is 11.2.